The zero-order chi connectivity index (χ0) is 10.1. The first-order chi connectivity index (χ1) is 6.74. The first kappa shape index (κ1) is 9.34. The molecule has 0 spiro atoms. The molecule has 0 fully saturated rings. The van der Waals surface area contributed by atoms with E-state index in [-0.39, 0.29) is 6.61 Å². The van der Waals surface area contributed by atoms with Gasteiger partial charge in [-0.2, -0.15) is 0 Å². The molecule has 2 radical (unpaired) electrons. The van der Waals surface area contributed by atoms with Crippen molar-refractivity contribution in [2.75, 3.05) is 0 Å². The minimum Gasteiger partial charge on any atom is -0.462 e. The number of rotatable bonds is 2. The fraction of sp³-hybridized carbons (Fsp3) is 0.273. The third-order valence-corrected chi connectivity index (χ3v) is 2.30. The predicted octanol–water partition coefficient (Wildman–Crippen LogP) is 1.90. The van der Waals surface area contributed by atoms with Crippen molar-refractivity contribution in [3.63, 3.8) is 0 Å². The van der Waals surface area contributed by atoms with Crippen molar-refractivity contribution < 1.29 is 9.52 Å². The zero-order valence-corrected chi connectivity index (χ0v) is 8.08. The van der Waals surface area contributed by atoms with Gasteiger partial charge in [0.25, 0.3) is 0 Å². The van der Waals surface area contributed by atoms with Crippen LogP contribution in [0.25, 0.3) is 11.0 Å². The SMILES string of the molecule is [B]Cc1cc2cc(CO)cc(C)c2o1. The lowest BCUT2D eigenvalue weighted by Gasteiger charge is -1.98. The summed E-state index contributed by atoms with van der Waals surface area (Å²) in [5.74, 6) is 0.776. The maximum atomic E-state index is 9.03. The lowest BCUT2D eigenvalue weighted by Crippen LogP contribution is -1.84. The molecule has 0 aliphatic carbocycles. The Morgan fingerprint density at radius 2 is 2.14 bits per heavy atom. The molecule has 2 nitrogen and oxygen atoms in total. The summed E-state index contributed by atoms with van der Waals surface area (Å²) in [6.45, 7) is 2.02. The van der Waals surface area contributed by atoms with Gasteiger partial charge in [0.1, 0.15) is 5.58 Å². The summed E-state index contributed by atoms with van der Waals surface area (Å²) in [5.41, 5.74) is 2.80. The van der Waals surface area contributed by atoms with Gasteiger partial charge in [0.15, 0.2) is 0 Å². The van der Waals surface area contributed by atoms with Gasteiger partial charge in [0, 0.05) is 5.39 Å². The van der Waals surface area contributed by atoms with Crippen LogP contribution >= 0.6 is 0 Å². The van der Waals surface area contributed by atoms with Crippen molar-refractivity contribution in [3.05, 3.63) is 35.1 Å². The number of aliphatic hydroxyl groups excluding tert-OH is 1. The minimum absolute atomic E-state index is 0.0555. The Labute approximate surface area is 83.9 Å². The molecule has 2 rings (SSSR count). The molecular formula is C11H11BO2. The Hall–Kier alpha value is -1.22. The number of aliphatic hydroxyl groups is 1. The molecule has 0 aliphatic rings. The van der Waals surface area contributed by atoms with Gasteiger partial charge in [-0.1, -0.05) is 6.07 Å². The van der Waals surface area contributed by atoms with Crippen LogP contribution in [-0.2, 0) is 12.9 Å². The van der Waals surface area contributed by atoms with Crippen LogP contribution in [0.2, 0.25) is 0 Å². The first-order valence-corrected chi connectivity index (χ1v) is 4.57. The molecule has 0 amide bonds. The van der Waals surface area contributed by atoms with Crippen LogP contribution in [0, 0.1) is 6.92 Å². The second kappa shape index (κ2) is 3.50. The number of aryl methyl sites for hydroxylation is 1. The smallest absolute Gasteiger partial charge is 0.137 e. The molecule has 1 aromatic carbocycles. The molecule has 0 atom stereocenters. The Kier molecular flexibility index (Phi) is 2.34. The summed E-state index contributed by atoms with van der Waals surface area (Å²) in [6.07, 6.45) is 0.405. The van der Waals surface area contributed by atoms with E-state index in [2.05, 4.69) is 0 Å². The van der Waals surface area contributed by atoms with Crippen LogP contribution in [0.1, 0.15) is 16.9 Å². The number of hydrogen-bond acceptors (Lipinski definition) is 2. The van der Waals surface area contributed by atoms with Gasteiger partial charge in [0.05, 0.1) is 20.2 Å². The number of hydrogen-bond donors (Lipinski definition) is 1. The van der Waals surface area contributed by atoms with E-state index in [0.29, 0.717) is 6.32 Å². The molecule has 14 heavy (non-hydrogen) atoms. The van der Waals surface area contributed by atoms with E-state index in [4.69, 9.17) is 17.4 Å². The fourth-order valence-electron chi connectivity index (χ4n) is 1.65. The highest BCUT2D eigenvalue weighted by atomic mass is 16.3. The molecule has 70 valence electrons. The van der Waals surface area contributed by atoms with Gasteiger partial charge in [-0.3, -0.25) is 0 Å². The Bertz CT molecular complexity index is 460. The van der Waals surface area contributed by atoms with Gasteiger partial charge in [0.2, 0.25) is 0 Å². The molecule has 0 saturated carbocycles. The first-order valence-electron chi connectivity index (χ1n) is 4.57. The van der Waals surface area contributed by atoms with Crippen LogP contribution in [0.3, 0.4) is 0 Å². The van der Waals surface area contributed by atoms with Crippen LogP contribution in [0.4, 0.5) is 0 Å². The summed E-state index contributed by atoms with van der Waals surface area (Å²) >= 11 is 0. The minimum atomic E-state index is 0.0555. The van der Waals surface area contributed by atoms with Gasteiger partial charge in [-0.25, -0.2) is 0 Å². The highest BCUT2D eigenvalue weighted by Gasteiger charge is 2.06. The highest BCUT2D eigenvalue weighted by Crippen LogP contribution is 2.24. The Morgan fingerprint density at radius 3 is 2.79 bits per heavy atom. The van der Waals surface area contributed by atoms with Crippen LogP contribution in [-0.4, -0.2) is 13.0 Å². The molecule has 0 aliphatic heterocycles. The molecule has 1 heterocycles. The monoisotopic (exact) mass is 186 g/mol. The number of benzene rings is 1. The number of fused-ring (bicyclic) bond motifs is 1. The third-order valence-electron chi connectivity index (χ3n) is 2.30. The average Bonchev–Trinajstić information content (AvgIpc) is 2.61. The largest absolute Gasteiger partial charge is 0.462 e. The normalized spacial score (nSPS) is 11.0. The molecule has 0 bridgehead atoms. The van der Waals surface area contributed by atoms with E-state index in [1.54, 1.807) is 0 Å². The van der Waals surface area contributed by atoms with Crippen molar-refractivity contribution >= 4 is 18.8 Å². The summed E-state index contributed by atoms with van der Waals surface area (Å²) in [4.78, 5) is 0. The quantitative estimate of drug-likeness (QED) is 0.726. The molecule has 2 aromatic rings. The van der Waals surface area contributed by atoms with E-state index >= 15 is 0 Å². The van der Waals surface area contributed by atoms with E-state index in [1.807, 2.05) is 25.1 Å². The van der Waals surface area contributed by atoms with Gasteiger partial charge in [-0.15, -0.1) is 0 Å². The number of furan rings is 1. The summed E-state index contributed by atoms with van der Waals surface area (Å²) in [6, 6.07) is 5.76. The fourth-order valence-corrected chi connectivity index (χ4v) is 1.65. The average molecular weight is 186 g/mol. The second-order valence-electron chi connectivity index (χ2n) is 3.41. The van der Waals surface area contributed by atoms with E-state index in [0.717, 1.165) is 27.9 Å². The molecule has 0 saturated heterocycles. The lowest BCUT2D eigenvalue weighted by molar-refractivity contribution is 0.282. The Morgan fingerprint density at radius 1 is 1.36 bits per heavy atom. The van der Waals surface area contributed by atoms with Crippen LogP contribution < -0.4 is 0 Å². The highest BCUT2D eigenvalue weighted by molar-refractivity contribution is 6.08. The van der Waals surface area contributed by atoms with E-state index in [9.17, 15) is 0 Å². The molecular weight excluding hydrogens is 175 g/mol. The maximum Gasteiger partial charge on any atom is 0.137 e. The van der Waals surface area contributed by atoms with E-state index < -0.39 is 0 Å². The van der Waals surface area contributed by atoms with Crippen molar-refractivity contribution in [1.82, 2.24) is 0 Å². The van der Waals surface area contributed by atoms with Gasteiger partial charge < -0.3 is 9.52 Å². The molecule has 3 heteroatoms. The lowest BCUT2D eigenvalue weighted by atomic mass is 10.0. The summed E-state index contributed by atoms with van der Waals surface area (Å²) in [5, 5.41) is 10.0. The third kappa shape index (κ3) is 1.44. The molecule has 0 unspecified atom stereocenters. The summed E-state index contributed by atoms with van der Waals surface area (Å²) < 4.78 is 5.54. The topological polar surface area (TPSA) is 33.4 Å². The van der Waals surface area contributed by atoms with Crippen molar-refractivity contribution in [1.29, 1.82) is 0 Å². The maximum absolute atomic E-state index is 9.03. The van der Waals surface area contributed by atoms with Crippen LogP contribution in [0.15, 0.2) is 22.6 Å². The Balaban J connectivity index is 2.67. The zero-order valence-electron chi connectivity index (χ0n) is 8.08. The van der Waals surface area contributed by atoms with Gasteiger partial charge >= 0.3 is 0 Å². The molecule has 1 N–H and O–H groups in total. The predicted molar refractivity (Wildman–Crippen MR) is 56.3 cm³/mol. The standard InChI is InChI=1S/C11H11BO2/c1-7-2-8(6-13)3-9-4-10(5-12)14-11(7)9/h2-4,13H,5-6H2,1H3. The van der Waals surface area contributed by atoms with Crippen molar-refractivity contribution in [3.8, 4) is 0 Å². The van der Waals surface area contributed by atoms with Gasteiger partial charge in [-0.05, 0) is 36.5 Å². The van der Waals surface area contributed by atoms with Crippen molar-refractivity contribution in [2.45, 2.75) is 19.9 Å². The van der Waals surface area contributed by atoms with Crippen LogP contribution in [0.5, 0.6) is 0 Å². The molecule has 1 aromatic heterocycles. The summed E-state index contributed by atoms with van der Waals surface area (Å²) in [7, 11) is 5.49. The van der Waals surface area contributed by atoms with E-state index in [1.165, 1.54) is 0 Å². The second-order valence-corrected chi connectivity index (χ2v) is 3.41. The van der Waals surface area contributed by atoms with Crippen molar-refractivity contribution in [2.24, 2.45) is 0 Å².